The van der Waals surface area contributed by atoms with Gasteiger partial charge in [0.15, 0.2) is 0 Å². The van der Waals surface area contributed by atoms with E-state index in [1.165, 1.54) is 33.4 Å². The molecule has 226 valence electrons. The quantitative estimate of drug-likeness (QED) is 0.227. The van der Waals surface area contributed by atoms with Crippen LogP contribution in [0.5, 0.6) is 0 Å². The Hall–Kier alpha value is -3.12. The fourth-order valence-electron chi connectivity index (χ4n) is 5.95. The fourth-order valence-corrected chi connectivity index (χ4v) is 5.95. The predicted octanol–water partition coefficient (Wildman–Crippen LogP) is 9.99. The molecule has 0 amide bonds. The highest BCUT2D eigenvalue weighted by Crippen LogP contribution is 2.41. The molecule has 2 atom stereocenters. The zero-order valence-electron chi connectivity index (χ0n) is 27.8. The van der Waals surface area contributed by atoms with E-state index in [0.29, 0.717) is 0 Å². The van der Waals surface area contributed by atoms with Crippen molar-refractivity contribution in [1.29, 1.82) is 0 Å². The van der Waals surface area contributed by atoms with Gasteiger partial charge in [0.1, 0.15) is 0 Å². The molecular weight excluding hydrogens is 512 g/mol. The van der Waals surface area contributed by atoms with E-state index >= 15 is 0 Å². The van der Waals surface area contributed by atoms with Gasteiger partial charge in [-0.2, -0.15) is 0 Å². The standard InChI is InChI=1S/C40H54O2/c1-29(17-13-19-31(3)21-23-37-33(5)25-35(41)27-39(37,7)8)15-11-12-16-30(2)18-14-20-32(4)22-24-38-34(6)26-36(42)28-40(38,9)10/h11-21,23,35-36,41-42H,25-28H2,1-10H3/b12-11+,17-13+,18-14+,23-21+,29-15+,30-16+,31-19+,32-20+. The summed E-state index contributed by atoms with van der Waals surface area (Å²) < 4.78 is 0. The summed E-state index contributed by atoms with van der Waals surface area (Å²) in [5.41, 5.74) is 9.48. The Bertz CT molecular complexity index is 1340. The topological polar surface area (TPSA) is 40.5 Å². The van der Waals surface area contributed by atoms with Crippen molar-refractivity contribution in [2.45, 2.75) is 107 Å². The first-order valence-electron chi connectivity index (χ1n) is 15.3. The maximum absolute atomic E-state index is 10.1. The smallest absolute Gasteiger partial charge is 0.0586 e. The van der Waals surface area contributed by atoms with Crippen LogP contribution in [-0.2, 0) is 0 Å². The van der Waals surface area contributed by atoms with Crippen LogP contribution in [0.1, 0.15) is 94.9 Å². The summed E-state index contributed by atoms with van der Waals surface area (Å²) in [6, 6.07) is 0. The van der Waals surface area contributed by atoms with Crippen LogP contribution in [0.3, 0.4) is 0 Å². The predicted molar refractivity (Wildman–Crippen MR) is 183 cm³/mol. The van der Waals surface area contributed by atoms with Crippen LogP contribution < -0.4 is 0 Å². The first kappa shape index (κ1) is 35.1. The first-order valence-corrected chi connectivity index (χ1v) is 15.3. The molecule has 0 bridgehead atoms. The minimum atomic E-state index is -0.260. The summed E-state index contributed by atoms with van der Waals surface area (Å²) in [7, 11) is 0. The summed E-state index contributed by atoms with van der Waals surface area (Å²) >= 11 is 0. The number of allylic oxidation sites excluding steroid dienone is 18. The van der Waals surface area contributed by atoms with Gasteiger partial charge in [-0.3, -0.25) is 0 Å². The number of hydrogen-bond donors (Lipinski definition) is 2. The fraction of sp³-hybridized carbons (Fsp3) is 0.450. The molecule has 0 fully saturated rings. The van der Waals surface area contributed by atoms with Gasteiger partial charge in [-0.25, -0.2) is 0 Å². The molecule has 0 saturated carbocycles. The SMILES string of the molecule is CC1=C(C#C/C(C)=C/C=C/C(C)=C/C=C/C=C(C)/C=C/C=C(C)/C=C/C2=C(C)CC(O)CC2(C)C)C(C)(C)CC(O)C1. The monoisotopic (exact) mass is 566 g/mol. The van der Waals surface area contributed by atoms with Crippen molar-refractivity contribution in [3.8, 4) is 11.8 Å². The molecule has 2 N–H and O–H groups in total. The summed E-state index contributed by atoms with van der Waals surface area (Å²) in [6.07, 6.45) is 27.8. The molecule has 2 rings (SSSR count). The van der Waals surface area contributed by atoms with Crippen molar-refractivity contribution in [3.05, 3.63) is 117 Å². The van der Waals surface area contributed by atoms with Crippen LogP contribution in [0, 0.1) is 22.7 Å². The summed E-state index contributed by atoms with van der Waals surface area (Å²) in [4.78, 5) is 0. The molecular formula is C40H54O2. The molecule has 2 aliphatic rings. The van der Waals surface area contributed by atoms with Crippen molar-refractivity contribution in [3.63, 3.8) is 0 Å². The van der Waals surface area contributed by atoms with Gasteiger partial charge in [0.2, 0.25) is 0 Å². The Morgan fingerprint density at radius 3 is 1.69 bits per heavy atom. The maximum Gasteiger partial charge on any atom is 0.0586 e. The van der Waals surface area contributed by atoms with E-state index in [9.17, 15) is 10.2 Å². The molecule has 0 aromatic heterocycles. The second-order valence-corrected chi connectivity index (χ2v) is 13.5. The highest BCUT2D eigenvalue weighted by Gasteiger charge is 2.32. The van der Waals surface area contributed by atoms with E-state index in [-0.39, 0.29) is 23.0 Å². The van der Waals surface area contributed by atoms with Crippen LogP contribution in [-0.4, -0.2) is 22.4 Å². The van der Waals surface area contributed by atoms with Gasteiger partial charge < -0.3 is 10.2 Å². The van der Waals surface area contributed by atoms with Gasteiger partial charge >= 0.3 is 0 Å². The second-order valence-electron chi connectivity index (χ2n) is 13.5. The van der Waals surface area contributed by atoms with Crippen LogP contribution in [0.4, 0.5) is 0 Å². The maximum atomic E-state index is 10.1. The molecule has 0 saturated heterocycles. The molecule has 0 aromatic rings. The van der Waals surface area contributed by atoms with Gasteiger partial charge in [-0.15, -0.1) is 0 Å². The van der Waals surface area contributed by atoms with E-state index in [4.69, 9.17) is 0 Å². The third-order valence-electron chi connectivity index (χ3n) is 8.02. The highest BCUT2D eigenvalue weighted by atomic mass is 16.3. The van der Waals surface area contributed by atoms with Gasteiger partial charge in [-0.05, 0) is 83.8 Å². The second kappa shape index (κ2) is 15.9. The number of aliphatic hydroxyl groups is 2. The zero-order chi connectivity index (χ0) is 31.5. The van der Waals surface area contributed by atoms with Gasteiger partial charge in [-0.1, -0.05) is 140 Å². The minimum absolute atomic E-state index is 0.00283. The molecule has 2 heteroatoms. The third-order valence-corrected chi connectivity index (χ3v) is 8.02. The van der Waals surface area contributed by atoms with E-state index in [0.717, 1.165) is 36.8 Å². The Labute approximate surface area is 257 Å². The Kier molecular flexibility index (Phi) is 13.3. The molecule has 2 aliphatic carbocycles. The van der Waals surface area contributed by atoms with Crippen LogP contribution in [0.25, 0.3) is 0 Å². The normalized spacial score (nSPS) is 24.5. The first-order chi connectivity index (χ1) is 19.6. The van der Waals surface area contributed by atoms with Crippen molar-refractivity contribution >= 4 is 0 Å². The average Bonchev–Trinajstić information content (AvgIpc) is 2.84. The van der Waals surface area contributed by atoms with Crippen LogP contribution in [0.15, 0.2) is 117 Å². The summed E-state index contributed by atoms with van der Waals surface area (Å²) in [5, 5.41) is 20.2. The third kappa shape index (κ3) is 11.6. The van der Waals surface area contributed by atoms with E-state index in [1.807, 2.05) is 19.1 Å². The molecule has 2 unspecified atom stereocenters. The van der Waals surface area contributed by atoms with Crippen molar-refractivity contribution < 1.29 is 10.2 Å². The number of aliphatic hydroxyl groups excluding tert-OH is 2. The number of hydrogen-bond acceptors (Lipinski definition) is 2. The highest BCUT2D eigenvalue weighted by molar-refractivity contribution is 5.45. The Morgan fingerprint density at radius 2 is 1.14 bits per heavy atom. The molecule has 0 aromatic carbocycles. The lowest BCUT2D eigenvalue weighted by Crippen LogP contribution is -2.28. The molecule has 2 nitrogen and oxygen atoms in total. The van der Waals surface area contributed by atoms with Crippen LogP contribution >= 0.6 is 0 Å². The molecule has 0 aliphatic heterocycles. The van der Waals surface area contributed by atoms with Gasteiger partial charge in [0, 0.05) is 11.0 Å². The average molecular weight is 567 g/mol. The molecule has 0 radical (unpaired) electrons. The Morgan fingerprint density at radius 1 is 0.667 bits per heavy atom. The minimum Gasteiger partial charge on any atom is -0.393 e. The lowest BCUT2D eigenvalue weighted by molar-refractivity contribution is 0.116. The van der Waals surface area contributed by atoms with Gasteiger partial charge in [0.05, 0.1) is 12.2 Å². The van der Waals surface area contributed by atoms with Gasteiger partial charge in [0.25, 0.3) is 0 Å². The lowest BCUT2D eigenvalue weighted by atomic mass is 9.71. The van der Waals surface area contributed by atoms with Crippen molar-refractivity contribution in [2.75, 3.05) is 0 Å². The Balaban J connectivity index is 1.92. The summed E-state index contributed by atoms with van der Waals surface area (Å²) in [5.74, 6) is 6.68. The van der Waals surface area contributed by atoms with Crippen molar-refractivity contribution in [2.24, 2.45) is 10.8 Å². The van der Waals surface area contributed by atoms with E-state index in [2.05, 4.69) is 135 Å². The number of rotatable bonds is 8. The van der Waals surface area contributed by atoms with Crippen LogP contribution in [0.2, 0.25) is 0 Å². The van der Waals surface area contributed by atoms with E-state index in [1.54, 1.807) is 0 Å². The lowest BCUT2D eigenvalue weighted by Gasteiger charge is -2.35. The largest absolute Gasteiger partial charge is 0.393 e. The molecule has 42 heavy (non-hydrogen) atoms. The van der Waals surface area contributed by atoms with Crippen molar-refractivity contribution in [1.82, 2.24) is 0 Å². The molecule has 0 heterocycles. The summed E-state index contributed by atoms with van der Waals surface area (Å²) in [6.45, 7) is 21.3. The molecule has 0 spiro atoms. The van der Waals surface area contributed by atoms with E-state index < -0.39 is 0 Å². The zero-order valence-corrected chi connectivity index (χ0v) is 27.8.